The number of pyridine rings is 1. The van der Waals surface area contributed by atoms with E-state index in [4.69, 9.17) is 5.73 Å². The molecule has 0 aliphatic heterocycles. The molecular formula is C15H19N3O2S. The Kier molecular flexibility index (Phi) is 4.59. The van der Waals surface area contributed by atoms with Gasteiger partial charge in [-0.05, 0) is 62.2 Å². The first-order valence-electron chi connectivity index (χ1n) is 6.68. The molecule has 0 saturated heterocycles. The second-order valence-corrected chi connectivity index (χ2v) is 6.64. The fraction of sp³-hybridized carbons (Fsp3) is 0.267. The Hall–Kier alpha value is -1.92. The van der Waals surface area contributed by atoms with E-state index in [1.165, 1.54) is 0 Å². The summed E-state index contributed by atoms with van der Waals surface area (Å²) in [6, 6.07) is 10.3. The zero-order valence-electron chi connectivity index (χ0n) is 12.1. The first-order chi connectivity index (χ1) is 9.90. The lowest BCUT2D eigenvalue weighted by atomic mass is 10.2. The Morgan fingerprint density at radius 1 is 1.14 bits per heavy atom. The minimum Gasteiger partial charge on any atom is -0.330 e. The van der Waals surface area contributed by atoms with Gasteiger partial charge in [-0.15, -0.1) is 0 Å². The van der Waals surface area contributed by atoms with E-state index in [9.17, 15) is 8.42 Å². The zero-order valence-corrected chi connectivity index (χ0v) is 12.9. The Bertz CT molecular complexity index is 705. The van der Waals surface area contributed by atoms with Gasteiger partial charge in [0.15, 0.2) is 0 Å². The Morgan fingerprint density at radius 2 is 1.81 bits per heavy atom. The van der Waals surface area contributed by atoms with Crippen LogP contribution in [0.2, 0.25) is 0 Å². The van der Waals surface area contributed by atoms with Gasteiger partial charge >= 0.3 is 0 Å². The largest absolute Gasteiger partial charge is 0.330 e. The number of hydrogen-bond donors (Lipinski definition) is 2. The van der Waals surface area contributed by atoms with Crippen LogP contribution in [0.3, 0.4) is 0 Å². The average molecular weight is 305 g/mol. The van der Waals surface area contributed by atoms with Crippen LogP contribution in [0.15, 0.2) is 41.3 Å². The molecule has 21 heavy (non-hydrogen) atoms. The highest BCUT2D eigenvalue weighted by Crippen LogP contribution is 2.17. The molecule has 0 radical (unpaired) electrons. The Labute approximate surface area is 125 Å². The van der Waals surface area contributed by atoms with Crippen LogP contribution in [0.4, 0.5) is 5.82 Å². The highest BCUT2D eigenvalue weighted by molar-refractivity contribution is 7.92. The van der Waals surface area contributed by atoms with Gasteiger partial charge in [-0.3, -0.25) is 4.72 Å². The standard InChI is InChI=1S/C15H19N3O2S/c1-11-9-12(2)17-15(10-11)18-21(19,20)14-5-3-13(4-6-14)7-8-16/h3-6,9-10H,7-8,16H2,1-2H3,(H,17,18). The summed E-state index contributed by atoms with van der Waals surface area (Å²) < 4.78 is 27.1. The summed E-state index contributed by atoms with van der Waals surface area (Å²) in [6.07, 6.45) is 0.729. The number of nitrogens with zero attached hydrogens (tertiary/aromatic N) is 1. The van der Waals surface area contributed by atoms with Crippen molar-refractivity contribution in [2.45, 2.75) is 25.2 Å². The highest BCUT2D eigenvalue weighted by atomic mass is 32.2. The minimum atomic E-state index is -3.62. The average Bonchev–Trinajstić information content (AvgIpc) is 2.38. The number of sulfonamides is 1. The number of benzene rings is 1. The van der Waals surface area contributed by atoms with E-state index < -0.39 is 10.0 Å². The van der Waals surface area contributed by atoms with Crippen LogP contribution in [-0.4, -0.2) is 19.9 Å². The second kappa shape index (κ2) is 6.24. The number of nitrogens with two attached hydrogens (primary N) is 1. The van der Waals surface area contributed by atoms with Crippen molar-refractivity contribution in [3.05, 3.63) is 53.2 Å². The maximum absolute atomic E-state index is 12.3. The molecule has 112 valence electrons. The molecule has 1 heterocycles. The third-order valence-corrected chi connectivity index (χ3v) is 4.37. The van der Waals surface area contributed by atoms with E-state index in [2.05, 4.69) is 9.71 Å². The van der Waals surface area contributed by atoms with Gasteiger partial charge in [0, 0.05) is 5.69 Å². The van der Waals surface area contributed by atoms with Gasteiger partial charge in [-0.25, -0.2) is 13.4 Å². The molecule has 3 N–H and O–H groups in total. The topological polar surface area (TPSA) is 85.1 Å². The van der Waals surface area contributed by atoms with Gasteiger partial charge in [-0.1, -0.05) is 12.1 Å². The molecule has 2 aromatic rings. The number of aromatic nitrogens is 1. The first-order valence-corrected chi connectivity index (χ1v) is 8.16. The zero-order chi connectivity index (χ0) is 15.5. The molecular weight excluding hydrogens is 286 g/mol. The Morgan fingerprint density at radius 3 is 2.38 bits per heavy atom. The predicted molar refractivity (Wildman–Crippen MR) is 83.7 cm³/mol. The van der Waals surface area contributed by atoms with Crippen LogP contribution in [0.25, 0.3) is 0 Å². The maximum Gasteiger partial charge on any atom is 0.263 e. The summed E-state index contributed by atoms with van der Waals surface area (Å²) in [6.45, 7) is 4.26. The smallest absolute Gasteiger partial charge is 0.263 e. The molecule has 2 rings (SSSR count). The number of nitrogens with one attached hydrogen (secondary N) is 1. The summed E-state index contributed by atoms with van der Waals surface area (Å²) in [5, 5.41) is 0. The molecule has 6 heteroatoms. The molecule has 1 aromatic heterocycles. The van der Waals surface area contributed by atoms with Crippen molar-refractivity contribution in [2.24, 2.45) is 5.73 Å². The number of rotatable bonds is 5. The van der Waals surface area contributed by atoms with Crippen molar-refractivity contribution in [1.29, 1.82) is 0 Å². The Balaban J connectivity index is 2.25. The van der Waals surface area contributed by atoms with Crippen molar-refractivity contribution in [3.8, 4) is 0 Å². The van der Waals surface area contributed by atoms with Crippen molar-refractivity contribution in [2.75, 3.05) is 11.3 Å². The normalized spacial score (nSPS) is 11.4. The third-order valence-electron chi connectivity index (χ3n) is 3.00. The molecule has 0 fully saturated rings. The summed E-state index contributed by atoms with van der Waals surface area (Å²) in [4.78, 5) is 4.40. The third kappa shape index (κ3) is 4.03. The lowest BCUT2D eigenvalue weighted by Gasteiger charge is -2.09. The summed E-state index contributed by atoms with van der Waals surface area (Å²) in [7, 11) is -3.62. The van der Waals surface area contributed by atoms with E-state index in [0.29, 0.717) is 12.4 Å². The van der Waals surface area contributed by atoms with Gasteiger partial charge in [0.05, 0.1) is 4.90 Å². The van der Waals surface area contributed by atoms with E-state index in [-0.39, 0.29) is 4.90 Å². The van der Waals surface area contributed by atoms with E-state index in [1.54, 1.807) is 30.3 Å². The van der Waals surface area contributed by atoms with Gasteiger partial charge in [0.1, 0.15) is 5.82 Å². The maximum atomic E-state index is 12.3. The van der Waals surface area contributed by atoms with Crippen molar-refractivity contribution in [3.63, 3.8) is 0 Å². The molecule has 5 nitrogen and oxygen atoms in total. The van der Waals surface area contributed by atoms with E-state index in [0.717, 1.165) is 23.2 Å². The molecule has 0 unspecified atom stereocenters. The van der Waals surface area contributed by atoms with Crippen molar-refractivity contribution >= 4 is 15.8 Å². The van der Waals surface area contributed by atoms with E-state index in [1.807, 2.05) is 19.9 Å². The molecule has 0 aliphatic carbocycles. The predicted octanol–water partition coefficient (Wildman–Crippen LogP) is 2.00. The quantitative estimate of drug-likeness (QED) is 0.885. The number of anilines is 1. The molecule has 0 spiro atoms. The van der Waals surface area contributed by atoms with Crippen LogP contribution in [0.1, 0.15) is 16.8 Å². The lowest BCUT2D eigenvalue weighted by Crippen LogP contribution is -2.14. The first kappa shape index (κ1) is 15.5. The van der Waals surface area contributed by atoms with Gasteiger partial charge in [-0.2, -0.15) is 0 Å². The molecule has 0 bridgehead atoms. The molecule has 0 saturated carbocycles. The summed E-state index contributed by atoms with van der Waals surface area (Å²) in [5.74, 6) is 0.332. The second-order valence-electron chi connectivity index (χ2n) is 4.96. The molecule has 1 aromatic carbocycles. The minimum absolute atomic E-state index is 0.212. The van der Waals surface area contributed by atoms with Crippen LogP contribution in [-0.2, 0) is 16.4 Å². The number of hydrogen-bond acceptors (Lipinski definition) is 4. The lowest BCUT2D eigenvalue weighted by molar-refractivity contribution is 0.601. The number of aryl methyl sites for hydroxylation is 2. The molecule has 0 atom stereocenters. The van der Waals surface area contributed by atoms with Gasteiger partial charge in [0.25, 0.3) is 10.0 Å². The monoisotopic (exact) mass is 305 g/mol. The molecule has 0 aliphatic rings. The van der Waals surface area contributed by atoms with Crippen molar-refractivity contribution in [1.82, 2.24) is 4.98 Å². The van der Waals surface area contributed by atoms with Crippen LogP contribution in [0, 0.1) is 13.8 Å². The molecule has 0 amide bonds. The van der Waals surface area contributed by atoms with E-state index >= 15 is 0 Å². The summed E-state index contributed by atoms with van der Waals surface area (Å²) >= 11 is 0. The SMILES string of the molecule is Cc1cc(C)nc(NS(=O)(=O)c2ccc(CCN)cc2)c1. The van der Waals surface area contributed by atoms with Crippen LogP contribution < -0.4 is 10.5 Å². The fourth-order valence-electron chi connectivity index (χ4n) is 2.09. The van der Waals surface area contributed by atoms with Crippen LogP contribution >= 0.6 is 0 Å². The fourth-order valence-corrected chi connectivity index (χ4v) is 3.08. The summed E-state index contributed by atoms with van der Waals surface area (Å²) in [5.41, 5.74) is 8.22. The highest BCUT2D eigenvalue weighted by Gasteiger charge is 2.15. The van der Waals surface area contributed by atoms with Gasteiger partial charge < -0.3 is 5.73 Å². The van der Waals surface area contributed by atoms with Gasteiger partial charge in [0.2, 0.25) is 0 Å². The van der Waals surface area contributed by atoms with Crippen molar-refractivity contribution < 1.29 is 8.42 Å². The van der Waals surface area contributed by atoms with Crippen LogP contribution in [0.5, 0.6) is 0 Å².